The van der Waals surface area contributed by atoms with Gasteiger partial charge in [-0.05, 0) is 73.9 Å². The number of carbonyl (C=O) groups excluding carboxylic acids is 1. The highest BCUT2D eigenvalue weighted by Gasteiger charge is 2.39. The number of carbonyl (C=O) groups is 1. The van der Waals surface area contributed by atoms with Gasteiger partial charge in [0, 0.05) is 432 Å². The topological polar surface area (TPSA) is 83.1 Å². The van der Waals surface area contributed by atoms with Gasteiger partial charge in [0.15, 0.2) is 5.78 Å². The minimum absolute atomic E-state index is 0. The van der Waals surface area contributed by atoms with Crippen LogP contribution >= 0.6 is 24.8 Å². The summed E-state index contributed by atoms with van der Waals surface area (Å²) in [5.74, 6) is 11.4. The molecular formula is C39H60Cl2N6O3S41Si. The molecule has 6 aliphatic heterocycles. The second-order valence-electron chi connectivity index (χ2n) is 17.7. The van der Waals surface area contributed by atoms with E-state index in [-0.39, 0.29) is 45.5 Å². The molecule has 0 radical (unpaired) electrons. The molecular weight excluding hydrogens is 2010 g/mol. The van der Waals surface area contributed by atoms with E-state index < -0.39 is 8.07 Å². The van der Waals surface area contributed by atoms with Gasteiger partial charge in [-0.15, -0.1) is 36.8 Å². The van der Waals surface area contributed by atoms with E-state index in [9.17, 15) is 4.79 Å². The number of anilines is 2. The first-order valence-corrected chi connectivity index (χ1v) is 80.7. The second-order valence-corrected chi connectivity index (χ2v) is 91.4. The van der Waals surface area contributed by atoms with E-state index in [0.29, 0.717) is 19.3 Å². The smallest absolute Gasteiger partial charge is 0.184 e. The van der Waals surface area contributed by atoms with Crippen LogP contribution < -0.4 is 15.1 Å². The number of fused-ring (bicyclic) bond motifs is 4. The Bertz CT molecular complexity index is 4590. The maximum Gasteiger partial charge on any atom is 0.184 e. The molecule has 0 spiro atoms. The SMILES string of the molecule is C.C.C#Cc1ccc(N2CC3CC(C2)CN(C2COC2)C3)nc1.C[Si](C)(C)C#Cc1ccc(N2CC3CNCC(C3)C2)nc1.Cl.Cl.O=C1COC1.S=S=S=S=S=S=S=S=S=S=S=S=S=S=S=S=S=S=S=S=S=S=S=S=S=S=S=S=S=S=S=S=S=S=S=S=S=S=S=S=S. The minimum Gasteiger partial charge on any atom is -0.378 e. The summed E-state index contributed by atoms with van der Waals surface area (Å²) in [6.07, 6.45) is 11.9. The van der Waals surface area contributed by atoms with E-state index in [4.69, 9.17) is 33.5 Å². The molecule has 8 heterocycles. The number of pyridine rings is 2. The first-order chi connectivity index (χ1) is 43.1. The number of likely N-dealkylation sites (tertiary alicyclic amines) is 1. The number of Topliss-reactive ketones (excluding diaryl/α,β-unsaturated/α-hetero) is 1. The van der Waals surface area contributed by atoms with Crippen LogP contribution in [0.5, 0.6) is 0 Å². The van der Waals surface area contributed by atoms with Gasteiger partial charge in [-0.2, -0.15) is 0 Å². The monoisotopic (exact) mass is 2070 g/mol. The zero-order chi connectivity index (χ0) is 62.4. The normalized spacial score (nSPS) is 17.2. The third kappa shape index (κ3) is 48.5. The average Bonchev–Trinajstić information content (AvgIpc) is 0.828. The van der Waals surface area contributed by atoms with Crippen LogP contribution in [0.2, 0.25) is 19.6 Å². The molecule has 4 bridgehead atoms. The molecule has 2 aromatic heterocycles. The van der Waals surface area contributed by atoms with Crippen LogP contribution in [-0.2, 0) is 383 Å². The van der Waals surface area contributed by atoms with Crippen molar-refractivity contribution >= 4 is 419 Å². The first kappa shape index (κ1) is 96.4. The van der Waals surface area contributed by atoms with E-state index in [1.807, 2.05) is 234 Å². The quantitative estimate of drug-likeness (QED) is 0.327. The molecule has 8 rings (SSSR count). The Morgan fingerprint density at radius 1 is 0.478 bits per heavy atom. The van der Waals surface area contributed by atoms with Gasteiger partial charge in [0.25, 0.3) is 0 Å². The summed E-state index contributed by atoms with van der Waals surface area (Å²) in [6.45, 7) is 18.6. The molecule has 0 aromatic carbocycles. The van der Waals surface area contributed by atoms with Crippen molar-refractivity contribution in [1.29, 1.82) is 0 Å². The van der Waals surface area contributed by atoms with E-state index in [2.05, 4.69) is 89.9 Å². The van der Waals surface area contributed by atoms with E-state index in [1.165, 1.54) is 43.7 Å². The number of hydrogen-bond acceptors (Lipinski definition) is 11. The van der Waals surface area contributed by atoms with Crippen LogP contribution in [0.15, 0.2) is 36.7 Å². The highest BCUT2D eigenvalue weighted by Crippen LogP contribution is 2.33. The standard InChI is InChI=1S/C17H21N3O.C17H25N3Si.C3H4O2.2CH4.2ClH.S41/c1-2-13-3-4-17(18-6-13)20-9-14-5-15(10-20)8-19(7-14)16-11-21-12-16;1-21(2,3)7-6-14-4-5-17(19-11-14)20-12-15-8-16(13-20)10-18-9-15;4-3-1-5-2-3;;;;;1-3-5-7-9-11-13-15-17-19-21-23-25-27-29-31-33-35-37-39-41-40-38-36-34-32-30-28-26-24-22-20-18-16-14-12-10-8-6-4-2/h1,3-4,6,14-16H,5,7-12H2;4-5,11,15-16,18H,8-10,12-13H2,1-3H3;1-2H2;2*1H4;2*1H;. The molecule has 53 heteroatoms. The number of ketones is 1. The predicted molar refractivity (Wildman–Crippen MR) is 519 cm³/mol. The highest BCUT2D eigenvalue weighted by atomic mass is 35.5. The summed E-state index contributed by atoms with van der Waals surface area (Å²) in [5.41, 5.74) is 5.29. The third-order valence-electron chi connectivity index (χ3n) is 10.7. The van der Waals surface area contributed by atoms with Gasteiger partial charge < -0.3 is 24.6 Å². The van der Waals surface area contributed by atoms with Gasteiger partial charge >= 0.3 is 0 Å². The Kier molecular flexibility index (Phi) is 67.6. The molecule has 4 unspecified atom stereocenters. The van der Waals surface area contributed by atoms with Crippen molar-refractivity contribution in [3.63, 3.8) is 0 Å². The third-order valence-corrected chi connectivity index (χ3v) is 96.0. The lowest BCUT2D eigenvalue weighted by molar-refractivity contribution is -0.140. The van der Waals surface area contributed by atoms with Gasteiger partial charge in [0.2, 0.25) is 0 Å². The van der Waals surface area contributed by atoms with Crippen molar-refractivity contribution < 1.29 is 14.3 Å². The molecule has 6 fully saturated rings. The van der Waals surface area contributed by atoms with Crippen molar-refractivity contribution in [3.05, 3.63) is 47.8 Å². The van der Waals surface area contributed by atoms with Crippen LogP contribution in [0.25, 0.3) is 0 Å². The van der Waals surface area contributed by atoms with Crippen molar-refractivity contribution in [2.75, 3.05) is 88.6 Å². The van der Waals surface area contributed by atoms with Gasteiger partial charge in [-0.3, -0.25) is 9.69 Å². The maximum atomic E-state index is 9.77. The molecule has 528 valence electrons. The predicted octanol–water partition coefficient (Wildman–Crippen LogP) is 5.18. The Labute approximate surface area is 677 Å². The van der Waals surface area contributed by atoms with Crippen LogP contribution in [-0.4, -0.2) is 114 Å². The highest BCUT2D eigenvalue weighted by molar-refractivity contribution is 8.81. The Morgan fingerprint density at radius 2 is 0.783 bits per heavy atom. The summed E-state index contributed by atoms with van der Waals surface area (Å²) in [7, 11) is 67.9. The first-order valence-electron chi connectivity index (χ1n) is 23.9. The van der Waals surface area contributed by atoms with Crippen molar-refractivity contribution in [3.8, 4) is 23.8 Å². The fraction of sp³-hybridized carbons (Fsp3) is 0.615. The summed E-state index contributed by atoms with van der Waals surface area (Å²) in [5, 5.41) is 3.54. The maximum absolute atomic E-state index is 9.77. The number of piperidine rings is 4. The average molecular weight is 2070 g/mol. The summed E-state index contributed by atoms with van der Waals surface area (Å²) < 4.78 is 9.83. The molecule has 6 saturated heterocycles. The molecule has 0 saturated carbocycles. The Morgan fingerprint density at radius 3 is 1.03 bits per heavy atom. The number of aromatic nitrogens is 2. The van der Waals surface area contributed by atoms with Gasteiger partial charge in [-0.1, -0.05) is 46.3 Å². The van der Waals surface area contributed by atoms with Crippen LogP contribution in [0.1, 0.15) is 38.8 Å². The van der Waals surface area contributed by atoms with Crippen LogP contribution in [0, 0.1) is 47.5 Å². The molecule has 6 aliphatic rings. The number of rotatable bonds is 3. The number of nitrogens with zero attached hydrogens (tertiary/aromatic N) is 5. The number of terminal acetylenes is 1. The van der Waals surface area contributed by atoms with Crippen molar-refractivity contribution in [1.82, 2.24) is 20.2 Å². The van der Waals surface area contributed by atoms with Gasteiger partial charge in [0.05, 0.1) is 19.3 Å². The lowest BCUT2D eigenvalue weighted by Gasteiger charge is -2.50. The van der Waals surface area contributed by atoms with Crippen LogP contribution in [0.3, 0.4) is 0 Å². The summed E-state index contributed by atoms with van der Waals surface area (Å²) in [6, 6.07) is 8.99. The number of halogens is 2. The number of hydrogen-bond donors (Lipinski definition) is 1. The van der Waals surface area contributed by atoms with Crippen LogP contribution in [0.4, 0.5) is 11.6 Å². The van der Waals surface area contributed by atoms with Crippen molar-refractivity contribution in [2.45, 2.75) is 53.4 Å². The number of ether oxygens (including phenoxy) is 2. The Balaban J connectivity index is 0.000000692. The summed E-state index contributed by atoms with van der Waals surface area (Å²) in [4.78, 5) is 26.5. The van der Waals surface area contributed by atoms with Crippen molar-refractivity contribution in [2.24, 2.45) is 23.7 Å². The molecule has 9 nitrogen and oxygen atoms in total. The Hall–Kier alpha value is 6.35. The molecule has 1 N–H and O–H groups in total. The lowest BCUT2D eigenvalue weighted by atomic mass is 9.84. The molecule has 92 heavy (non-hydrogen) atoms. The zero-order valence-electron chi connectivity index (χ0n) is 45.8. The number of nitrogens with one attached hydrogen (secondary N) is 1. The van der Waals surface area contributed by atoms with E-state index >= 15 is 0 Å². The molecule has 4 atom stereocenters. The minimum atomic E-state index is -1.31. The van der Waals surface area contributed by atoms with Gasteiger partial charge in [0.1, 0.15) is 32.9 Å². The second kappa shape index (κ2) is 64.5. The fourth-order valence-corrected chi connectivity index (χ4v) is 110. The largest absolute Gasteiger partial charge is 0.378 e. The fourth-order valence-electron chi connectivity index (χ4n) is 7.70. The zero-order valence-corrected chi connectivity index (χ0v) is 82.0. The van der Waals surface area contributed by atoms with E-state index in [1.54, 1.807) is 113 Å². The molecule has 0 aliphatic carbocycles. The lowest BCUT2D eigenvalue weighted by Crippen LogP contribution is -2.59. The molecule has 2 aromatic rings. The van der Waals surface area contributed by atoms with Gasteiger partial charge in [-0.25, -0.2) is 9.97 Å². The van der Waals surface area contributed by atoms with E-state index in [0.717, 1.165) is 98.9 Å². The molecule has 0 amide bonds. The summed E-state index contributed by atoms with van der Waals surface area (Å²) >= 11 is 9.61.